The minimum absolute atomic E-state index is 0.0653. The molecule has 0 bridgehead atoms. The third kappa shape index (κ3) is 8.76. The molecule has 1 amide bonds. The van der Waals surface area contributed by atoms with Crippen molar-refractivity contribution in [3.63, 3.8) is 0 Å². The second-order valence-corrected chi connectivity index (χ2v) is 19.5. The van der Waals surface area contributed by atoms with Gasteiger partial charge in [-0.1, -0.05) is 122 Å². The van der Waals surface area contributed by atoms with E-state index in [0.29, 0.717) is 67.0 Å². The molecule has 5 aliphatic rings. The number of unbranched alkanes of at least 4 members (excludes halogenated alkanes) is 3. The number of hydrogen-bond acceptors (Lipinski definition) is 5. The average Bonchev–Trinajstić information content (AvgIpc) is 3.74. The lowest BCUT2D eigenvalue weighted by atomic mass is 9.43. The number of benzene rings is 2. The van der Waals surface area contributed by atoms with Crippen molar-refractivity contribution in [1.29, 1.82) is 0 Å². The molecule has 6 nitrogen and oxygen atoms in total. The monoisotopic (exact) mass is 784 g/mol. The first-order valence-electron chi connectivity index (χ1n) is 23.7. The van der Waals surface area contributed by atoms with Gasteiger partial charge < -0.3 is 24.3 Å². The third-order valence-electron chi connectivity index (χ3n) is 16.4. The molecule has 0 aromatic heterocycles. The third-order valence-corrected chi connectivity index (χ3v) is 16.4. The Bertz CT molecular complexity index is 1550. The van der Waals surface area contributed by atoms with Crippen molar-refractivity contribution in [2.75, 3.05) is 33.0 Å². The van der Waals surface area contributed by atoms with Crippen molar-refractivity contribution in [2.45, 2.75) is 162 Å². The molecular formula is C51H77NO5. The first kappa shape index (κ1) is 42.7. The van der Waals surface area contributed by atoms with Crippen LogP contribution in [0.3, 0.4) is 0 Å². The number of carbonyl (C=O) groups is 1. The quantitative estimate of drug-likeness (QED) is 0.144. The SMILES string of the molecule is CCCCO[C@@H]1CC[C@@]2(C)[C@@H](C1)C[C@@H](OCCCNC(=O)OCC1c3ccccc3-c3ccccc31)[C@@H]1[C@@H]2C[C@H](OCCCC)[C@]2(C)[C@@H]([C@H](C)CCCC)CC[C@@H]12. The summed E-state index contributed by atoms with van der Waals surface area (Å²) in [6.07, 6.45) is 18.5. The summed E-state index contributed by atoms with van der Waals surface area (Å²) in [5, 5.41) is 3.06. The molecule has 4 saturated carbocycles. The molecule has 7 rings (SSSR count). The van der Waals surface area contributed by atoms with E-state index in [0.717, 1.165) is 51.2 Å². The van der Waals surface area contributed by atoms with E-state index >= 15 is 0 Å². The number of hydrogen-bond donors (Lipinski definition) is 1. The van der Waals surface area contributed by atoms with Gasteiger partial charge in [0.25, 0.3) is 0 Å². The minimum atomic E-state index is -0.340. The highest BCUT2D eigenvalue weighted by molar-refractivity contribution is 5.79. The molecule has 2 aromatic rings. The molecule has 57 heavy (non-hydrogen) atoms. The van der Waals surface area contributed by atoms with Gasteiger partial charge >= 0.3 is 6.09 Å². The van der Waals surface area contributed by atoms with Crippen LogP contribution in [0, 0.1) is 46.3 Å². The van der Waals surface area contributed by atoms with Gasteiger partial charge in [0.05, 0.1) is 18.3 Å². The molecule has 6 heteroatoms. The summed E-state index contributed by atoms with van der Waals surface area (Å²) in [5.74, 6) is 3.87. The molecule has 0 radical (unpaired) electrons. The number of alkyl carbamates (subject to hydrolysis) is 1. The topological polar surface area (TPSA) is 66.0 Å². The summed E-state index contributed by atoms with van der Waals surface area (Å²) in [4.78, 5) is 13.0. The number of rotatable bonds is 19. The summed E-state index contributed by atoms with van der Waals surface area (Å²) < 4.78 is 26.7. The Morgan fingerprint density at radius 2 is 1.44 bits per heavy atom. The van der Waals surface area contributed by atoms with Crippen molar-refractivity contribution in [3.05, 3.63) is 59.7 Å². The lowest BCUT2D eigenvalue weighted by Gasteiger charge is -2.65. The largest absolute Gasteiger partial charge is 0.449 e. The molecule has 0 aliphatic heterocycles. The molecule has 316 valence electrons. The van der Waals surface area contributed by atoms with Crippen LogP contribution in [-0.4, -0.2) is 57.4 Å². The fourth-order valence-corrected chi connectivity index (χ4v) is 13.3. The van der Waals surface area contributed by atoms with Crippen molar-refractivity contribution < 1.29 is 23.7 Å². The molecule has 0 heterocycles. The lowest BCUT2D eigenvalue weighted by molar-refractivity contribution is -0.227. The lowest BCUT2D eigenvalue weighted by Crippen LogP contribution is -2.63. The highest BCUT2D eigenvalue weighted by Gasteiger charge is 2.66. The first-order chi connectivity index (χ1) is 27.7. The normalized spacial score (nSPS) is 33.4. The average molecular weight is 784 g/mol. The molecule has 0 unspecified atom stereocenters. The van der Waals surface area contributed by atoms with E-state index < -0.39 is 0 Å². The number of ether oxygens (including phenoxy) is 4. The number of fused-ring (bicyclic) bond motifs is 8. The fourth-order valence-electron chi connectivity index (χ4n) is 13.3. The Hall–Kier alpha value is -2.41. The van der Waals surface area contributed by atoms with Crippen LogP contribution in [0.25, 0.3) is 11.1 Å². The van der Waals surface area contributed by atoms with Crippen LogP contribution in [0.2, 0.25) is 0 Å². The van der Waals surface area contributed by atoms with Crippen molar-refractivity contribution >= 4 is 6.09 Å². The standard InChI is InChI=1S/C51H77NO5/c1-7-10-18-35(4)43-23-24-44-48-45(33-47(51(43,44)6)56-29-12-9-3)50(5)26-25-37(54-28-11-8-2)31-36(50)32-46(48)55-30-17-27-52-49(53)57-34-42-40-21-15-13-19-38(40)39-20-14-16-22-41(39)42/h13-16,19-22,35-37,42-48H,7-12,17-18,23-34H2,1-6H3,(H,52,53)/t35-,36+,37-,43-,44+,45+,46-,47+,48+,50+,51-/m1/s1. The van der Waals surface area contributed by atoms with Crippen LogP contribution in [0.4, 0.5) is 4.79 Å². The summed E-state index contributed by atoms with van der Waals surface area (Å²) in [6, 6.07) is 17.0. The second kappa shape index (κ2) is 19.3. The highest BCUT2D eigenvalue weighted by Crippen LogP contribution is 2.69. The summed E-state index contributed by atoms with van der Waals surface area (Å²) in [5.41, 5.74) is 5.43. The molecule has 11 atom stereocenters. The summed E-state index contributed by atoms with van der Waals surface area (Å²) >= 11 is 0. The number of carbonyl (C=O) groups excluding carboxylic acids is 1. The fraction of sp³-hybridized carbons (Fsp3) is 0.745. The zero-order chi connectivity index (χ0) is 40.0. The van der Waals surface area contributed by atoms with E-state index in [4.69, 9.17) is 18.9 Å². The zero-order valence-corrected chi connectivity index (χ0v) is 36.6. The van der Waals surface area contributed by atoms with E-state index in [-0.39, 0.29) is 23.5 Å². The van der Waals surface area contributed by atoms with E-state index in [2.05, 4.69) is 95.4 Å². The summed E-state index contributed by atoms with van der Waals surface area (Å²) in [6.45, 7) is 18.1. The molecule has 1 N–H and O–H groups in total. The van der Waals surface area contributed by atoms with Gasteiger partial charge in [-0.2, -0.15) is 0 Å². The van der Waals surface area contributed by atoms with Crippen LogP contribution in [-0.2, 0) is 18.9 Å². The van der Waals surface area contributed by atoms with Gasteiger partial charge in [0, 0.05) is 37.7 Å². The van der Waals surface area contributed by atoms with Gasteiger partial charge in [0.15, 0.2) is 0 Å². The predicted octanol–water partition coefficient (Wildman–Crippen LogP) is 12.4. The molecule has 4 fully saturated rings. The van der Waals surface area contributed by atoms with E-state index in [1.54, 1.807) is 0 Å². The minimum Gasteiger partial charge on any atom is -0.449 e. The Morgan fingerprint density at radius 3 is 2.14 bits per heavy atom. The molecular weight excluding hydrogens is 707 g/mol. The summed E-state index contributed by atoms with van der Waals surface area (Å²) in [7, 11) is 0. The van der Waals surface area contributed by atoms with Gasteiger partial charge in [0.2, 0.25) is 0 Å². The van der Waals surface area contributed by atoms with Crippen molar-refractivity contribution in [2.24, 2.45) is 46.3 Å². The van der Waals surface area contributed by atoms with Gasteiger partial charge in [-0.15, -0.1) is 0 Å². The first-order valence-corrected chi connectivity index (χ1v) is 23.7. The van der Waals surface area contributed by atoms with Crippen LogP contribution < -0.4 is 5.32 Å². The Balaban J connectivity index is 1.02. The van der Waals surface area contributed by atoms with Crippen LogP contribution in [0.5, 0.6) is 0 Å². The van der Waals surface area contributed by atoms with E-state index in [1.165, 1.54) is 86.5 Å². The van der Waals surface area contributed by atoms with Gasteiger partial charge in [-0.05, 0) is 127 Å². The smallest absolute Gasteiger partial charge is 0.407 e. The van der Waals surface area contributed by atoms with E-state index in [1.807, 2.05) is 0 Å². The number of amides is 1. The van der Waals surface area contributed by atoms with Crippen LogP contribution in [0.15, 0.2) is 48.5 Å². The Labute approximate surface area is 346 Å². The molecule has 5 aliphatic carbocycles. The van der Waals surface area contributed by atoms with Crippen LogP contribution in [0.1, 0.15) is 155 Å². The molecule has 0 spiro atoms. The van der Waals surface area contributed by atoms with Gasteiger partial charge in [-0.3, -0.25) is 0 Å². The highest BCUT2D eigenvalue weighted by atomic mass is 16.5. The van der Waals surface area contributed by atoms with Crippen molar-refractivity contribution in [1.82, 2.24) is 5.32 Å². The molecule has 0 saturated heterocycles. The predicted molar refractivity (Wildman–Crippen MR) is 231 cm³/mol. The zero-order valence-electron chi connectivity index (χ0n) is 36.6. The van der Waals surface area contributed by atoms with Crippen molar-refractivity contribution in [3.8, 4) is 11.1 Å². The van der Waals surface area contributed by atoms with Crippen LogP contribution >= 0.6 is 0 Å². The molecule has 2 aromatic carbocycles. The Morgan fingerprint density at radius 1 is 0.772 bits per heavy atom. The Kier molecular flexibility index (Phi) is 14.5. The number of nitrogens with one attached hydrogen (secondary N) is 1. The van der Waals surface area contributed by atoms with E-state index in [9.17, 15) is 4.79 Å². The maximum Gasteiger partial charge on any atom is 0.407 e. The van der Waals surface area contributed by atoms with Gasteiger partial charge in [-0.25, -0.2) is 4.79 Å². The maximum atomic E-state index is 13.0. The second-order valence-electron chi connectivity index (χ2n) is 19.5. The van der Waals surface area contributed by atoms with Gasteiger partial charge in [0.1, 0.15) is 6.61 Å². The maximum absolute atomic E-state index is 13.0.